The topological polar surface area (TPSA) is 265 Å². The summed E-state index contributed by atoms with van der Waals surface area (Å²) in [5.41, 5.74) is 16.2. The molecular formula is C19H30N8O7. The number of aliphatic carboxylic acids is 1. The fourth-order valence-corrected chi connectivity index (χ4v) is 2.86. The van der Waals surface area contributed by atoms with Gasteiger partial charge in [0.25, 0.3) is 0 Å². The van der Waals surface area contributed by atoms with Crippen LogP contribution in [0.5, 0.6) is 0 Å². The van der Waals surface area contributed by atoms with Gasteiger partial charge in [0.15, 0.2) is 0 Å². The number of carboxylic acids is 1. The standard InChI is InChI=1S/C19H30N8O7/c1-8(2)15(19(33)34)27-18(32)11(3-9-6-23-7-24-9)26-17(31)12(5-14(22)29)25-16(30)10(20)4-13(21)28/h6-8,10-12,15H,3-5,20H2,1-2H3,(H2,21,28)(H2,22,29)(H,23,24)(H,25,30)(H,26,31)(H,27,32)(H,33,34). The van der Waals surface area contributed by atoms with Gasteiger partial charge in [-0.15, -0.1) is 0 Å². The number of nitrogens with two attached hydrogens (primary N) is 3. The second-order valence-corrected chi connectivity index (χ2v) is 7.92. The third-order valence-corrected chi connectivity index (χ3v) is 4.64. The van der Waals surface area contributed by atoms with E-state index in [1.807, 2.05) is 0 Å². The minimum atomic E-state index is -1.53. The number of carboxylic acid groups (broad SMARTS) is 1. The molecule has 4 atom stereocenters. The first-order chi connectivity index (χ1) is 15.8. The highest BCUT2D eigenvalue weighted by molar-refractivity contribution is 5.97. The van der Waals surface area contributed by atoms with Crippen LogP contribution in [-0.2, 0) is 35.2 Å². The predicted octanol–water partition coefficient (Wildman–Crippen LogP) is -3.77. The van der Waals surface area contributed by atoms with Crippen molar-refractivity contribution >= 4 is 35.5 Å². The molecule has 34 heavy (non-hydrogen) atoms. The number of primary amides is 2. The molecule has 0 fully saturated rings. The van der Waals surface area contributed by atoms with Gasteiger partial charge in [-0.1, -0.05) is 13.8 Å². The molecule has 1 aromatic heterocycles. The molecule has 0 saturated carbocycles. The Balaban J connectivity index is 3.08. The zero-order chi connectivity index (χ0) is 26.0. The predicted molar refractivity (Wildman–Crippen MR) is 116 cm³/mol. The third-order valence-electron chi connectivity index (χ3n) is 4.64. The van der Waals surface area contributed by atoms with Crippen LogP contribution in [0, 0.1) is 5.92 Å². The van der Waals surface area contributed by atoms with Gasteiger partial charge in [0, 0.05) is 18.3 Å². The summed E-state index contributed by atoms with van der Waals surface area (Å²) in [6.07, 6.45) is 1.49. The van der Waals surface area contributed by atoms with E-state index in [-0.39, 0.29) is 6.42 Å². The van der Waals surface area contributed by atoms with Crippen molar-refractivity contribution in [1.82, 2.24) is 25.9 Å². The summed E-state index contributed by atoms with van der Waals surface area (Å²) in [6, 6.07) is -5.45. The normalized spacial score (nSPS) is 14.4. The molecule has 4 unspecified atom stereocenters. The number of aromatic amines is 1. The van der Waals surface area contributed by atoms with E-state index in [0.717, 1.165) is 0 Å². The van der Waals surface area contributed by atoms with Gasteiger partial charge in [0.05, 0.1) is 25.2 Å². The van der Waals surface area contributed by atoms with Crippen molar-refractivity contribution in [3.63, 3.8) is 0 Å². The Morgan fingerprint density at radius 1 is 0.941 bits per heavy atom. The fraction of sp³-hybridized carbons (Fsp3) is 0.526. The summed E-state index contributed by atoms with van der Waals surface area (Å²) in [7, 11) is 0. The van der Waals surface area contributed by atoms with Crippen molar-refractivity contribution in [2.75, 3.05) is 0 Å². The summed E-state index contributed by atoms with van der Waals surface area (Å²) in [4.78, 5) is 78.4. The lowest BCUT2D eigenvalue weighted by atomic mass is 10.0. The first kappa shape index (κ1) is 28.0. The molecule has 1 rings (SSSR count). The smallest absolute Gasteiger partial charge is 0.326 e. The van der Waals surface area contributed by atoms with Crippen molar-refractivity contribution in [2.24, 2.45) is 23.1 Å². The Morgan fingerprint density at radius 2 is 1.50 bits per heavy atom. The lowest BCUT2D eigenvalue weighted by molar-refractivity contribution is -0.143. The quantitative estimate of drug-likeness (QED) is 0.129. The van der Waals surface area contributed by atoms with E-state index in [4.69, 9.17) is 17.2 Å². The summed E-state index contributed by atoms with van der Waals surface area (Å²) in [5, 5.41) is 16.3. The Kier molecular flexibility index (Phi) is 10.6. The van der Waals surface area contributed by atoms with Gasteiger partial charge in [-0.2, -0.15) is 0 Å². The van der Waals surface area contributed by atoms with Crippen LogP contribution in [0.1, 0.15) is 32.4 Å². The van der Waals surface area contributed by atoms with Crippen molar-refractivity contribution in [3.8, 4) is 0 Å². The molecular weight excluding hydrogens is 452 g/mol. The number of H-pyrrole nitrogens is 1. The number of carbonyl (C=O) groups is 6. The number of hydrogen-bond acceptors (Lipinski definition) is 8. The number of rotatable bonds is 14. The molecule has 0 aromatic carbocycles. The van der Waals surface area contributed by atoms with E-state index >= 15 is 0 Å². The average Bonchev–Trinajstić information content (AvgIpc) is 3.22. The SMILES string of the molecule is CC(C)C(NC(=O)C(Cc1cnc[nH]1)NC(=O)C(CC(N)=O)NC(=O)C(N)CC(N)=O)C(=O)O. The van der Waals surface area contributed by atoms with Crippen molar-refractivity contribution in [2.45, 2.75) is 57.3 Å². The summed E-state index contributed by atoms with van der Waals surface area (Å²) >= 11 is 0. The Bertz CT molecular complexity index is 902. The van der Waals surface area contributed by atoms with Crippen LogP contribution in [0.15, 0.2) is 12.5 Å². The lowest BCUT2D eigenvalue weighted by Gasteiger charge is -2.25. The van der Waals surface area contributed by atoms with E-state index in [0.29, 0.717) is 5.69 Å². The number of amides is 5. The molecule has 0 saturated heterocycles. The second-order valence-electron chi connectivity index (χ2n) is 7.92. The number of hydrogen-bond donors (Lipinski definition) is 8. The molecule has 0 radical (unpaired) electrons. The molecule has 188 valence electrons. The highest BCUT2D eigenvalue weighted by atomic mass is 16.4. The van der Waals surface area contributed by atoms with Crippen LogP contribution in [0.3, 0.4) is 0 Å². The van der Waals surface area contributed by atoms with Crippen LogP contribution in [0.4, 0.5) is 0 Å². The molecule has 1 aromatic rings. The van der Waals surface area contributed by atoms with Crippen LogP contribution in [0.25, 0.3) is 0 Å². The Hall–Kier alpha value is -4.01. The summed E-state index contributed by atoms with van der Waals surface area (Å²) in [6.45, 7) is 3.19. The summed E-state index contributed by atoms with van der Waals surface area (Å²) in [5.74, 6) is -6.25. The van der Waals surface area contributed by atoms with Crippen LogP contribution >= 0.6 is 0 Å². The van der Waals surface area contributed by atoms with Gasteiger partial charge < -0.3 is 43.2 Å². The van der Waals surface area contributed by atoms with E-state index in [2.05, 4.69) is 25.9 Å². The third kappa shape index (κ3) is 9.23. The van der Waals surface area contributed by atoms with E-state index in [9.17, 15) is 33.9 Å². The molecule has 15 nitrogen and oxygen atoms in total. The minimum Gasteiger partial charge on any atom is -0.480 e. The lowest BCUT2D eigenvalue weighted by Crippen LogP contribution is -2.58. The molecule has 0 spiro atoms. The van der Waals surface area contributed by atoms with E-state index in [1.165, 1.54) is 12.5 Å². The molecule has 15 heteroatoms. The van der Waals surface area contributed by atoms with Crippen LogP contribution in [0.2, 0.25) is 0 Å². The molecule has 0 aliphatic heterocycles. The molecule has 11 N–H and O–H groups in total. The maximum Gasteiger partial charge on any atom is 0.326 e. The maximum atomic E-state index is 12.9. The zero-order valence-electron chi connectivity index (χ0n) is 18.7. The monoisotopic (exact) mass is 482 g/mol. The van der Waals surface area contributed by atoms with E-state index < -0.39 is 78.4 Å². The zero-order valence-corrected chi connectivity index (χ0v) is 18.7. The van der Waals surface area contributed by atoms with Gasteiger partial charge in [0.2, 0.25) is 29.5 Å². The highest BCUT2D eigenvalue weighted by Gasteiger charge is 2.32. The fourth-order valence-electron chi connectivity index (χ4n) is 2.86. The highest BCUT2D eigenvalue weighted by Crippen LogP contribution is 2.06. The molecule has 1 heterocycles. The first-order valence-electron chi connectivity index (χ1n) is 10.2. The molecule has 0 aliphatic rings. The maximum absolute atomic E-state index is 12.9. The van der Waals surface area contributed by atoms with Crippen molar-refractivity contribution in [1.29, 1.82) is 0 Å². The Labute approximate surface area is 194 Å². The molecule has 0 aliphatic carbocycles. The number of aromatic nitrogens is 2. The van der Waals surface area contributed by atoms with Crippen molar-refractivity contribution in [3.05, 3.63) is 18.2 Å². The first-order valence-corrected chi connectivity index (χ1v) is 10.2. The molecule has 0 bridgehead atoms. The van der Waals surface area contributed by atoms with Gasteiger partial charge >= 0.3 is 5.97 Å². The van der Waals surface area contributed by atoms with Gasteiger partial charge in [-0.05, 0) is 5.92 Å². The number of nitrogens with zero attached hydrogens (tertiary/aromatic N) is 1. The number of nitrogens with one attached hydrogen (secondary N) is 4. The van der Waals surface area contributed by atoms with Gasteiger partial charge in [-0.3, -0.25) is 24.0 Å². The molecule has 5 amide bonds. The van der Waals surface area contributed by atoms with Crippen molar-refractivity contribution < 1.29 is 33.9 Å². The van der Waals surface area contributed by atoms with Crippen LogP contribution < -0.4 is 33.2 Å². The number of imidazole rings is 1. The summed E-state index contributed by atoms with van der Waals surface area (Å²) < 4.78 is 0. The second kappa shape index (κ2) is 12.9. The number of carbonyl (C=O) groups excluding carboxylic acids is 5. The van der Waals surface area contributed by atoms with Gasteiger partial charge in [0.1, 0.15) is 18.1 Å². The Morgan fingerprint density at radius 3 is 1.97 bits per heavy atom. The average molecular weight is 482 g/mol. The largest absolute Gasteiger partial charge is 0.480 e. The van der Waals surface area contributed by atoms with E-state index in [1.54, 1.807) is 13.8 Å². The van der Waals surface area contributed by atoms with Crippen LogP contribution in [-0.4, -0.2) is 74.7 Å². The van der Waals surface area contributed by atoms with Gasteiger partial charge in [-0.25, -0.2) is 9.78 Å². The minimum absolute atomic E-state index is 0.111.